The van der Waals surface area contributed by atoms with E-state index in [0.717, 1.165) is 17.8 Å². The Morgan fingerprint density at radius 2 is 0.949 bits per heavy atom. The summed E-state index contributed by atoms with van der Waals surface area (Å²) < 4.78 is 0. The molecule has 2 spiro atoms. The highest BCUT2D eigenvalue weighted by atomic mass is 15.2. The van der Waals surface area contributed by atoms with Crippen molar-refractivity contribution in [3.05, 3.63) is 174 Å². The number of benzene rings is 7. The van der Waals surface area contributed by atoms with Crippen molar-refractivity contribution in [2.75, 3.05) is 9.80 Å². The minimum absolute atomic E-state index is 0.0805. The van der Waals surface area contributed by atoms with Crippen LogP contribution < -0.4 is 26.2 Å². The van der Waals surface area contributed by atoms with Crippen LogP contribution in [-0.4, -0.2) is 6.71 Å². The molecule has 3 heteroatoms. The fraction of sp³-hybridized carbons (Fsp3) is 0.250. The van der Waals surface area contributed by atoms with Crippen LogP contribution in [0.5, 0.6) is 0 Å². The van der Waals surface area contributed by atoms with E-state index in [2.05, 4.69) is 161 Å². The van der Waals surface area contributed by atoms with Gasteiger partial charge >= 0.3 is 0 Å². The van der Waals surface area contributed by atoms with Crippen molar-refractivity contribution in [2.24, 2.45) is 23.7 Å². The van der Waals surface area contributed by atoms with Gasteiger partial charge in [0.15, 0.2) is 0 Å². The molecule has 0 amide bonds. The second-order valence-electron chi connectivity index (χ2n) is 19.5. The predicted molar refractivity (Wildman–Crippen MR) is 244 cm³/mol. The van der Waals surface area contributed by atoms with Gasteiger partial charge in [-0.1, -0.05) is 122 Å². The van der Waals surface area contributed by atoms with Crippen LogP contribution in [0.4, 0.5) is 34.1 Å². The van der Waals surface area contributed by atoms with Gasteiger partial charge in [-0.3, -0.25) is 0 Å². The summed E-state index contributed by atoms with van der Waals surface area (Å²) >= 11 is 0. The first kappa shape index (κ1) is 32.1. The molecule has 8 aliphatic rings. The topological polar surface area (TPSA) is 6.48 Å². The third kappa shape index (κ3) is 3.71. The zero-order valence-corrected chi connectivity index (χ0v) is 33.4. The molecular formula is C56H45BN2. The standard InChI is InChI=1S/C56H45BN2/c1-3-12-38(13-4-1)58-47-20-11-21-48-52(47)57(53-49(58)29-27-44-50(53)40-16-7-9-18-42(40)55(44)32-34-22-24-36(55)30-34)46-28-26-45-51(54(46)59(48)39-14-5-2-6-15-39)41-17-8-10-19-43(41)56(45)33-35-23-25-37(56)31-35/h1-21,26-29,34-37H,22-25,30-33H2/t34?,35-,36?,37+,55-,56+/m0/s1. The fourth-order valence-corrected chi connectivity index (χ4v) is 15.6. The molecule has 282 valence electrons. The third-order valence-electron chi connectivity index (χ3n) is 17.4. The van der Waals surface area contributed by atoms with Crippen LogP contribution in [0.25, 0.3) is 22.3 Å². The van der Waals surface area contributed by atoms with Crippen LogP contribution in [0.2, 0.25) is 0 Å². The van der Waals surface area contributed by atoms with Gasteiger partial charge < -0.3 is 9.80 Å². The van der Waals surface area contributed by atoms with E-state index in [4.69, 9.17) is 0 Å². The summed E-state index contributed by atoms with van der Waals surface area (Å²) in [6.45, 7) is 0.0805. The average molecular weight is 757 g/mol. The van der Waals surface area contributed by atoms with Crippen molar-refractivity contribution >= 4 is 57.2 Å². The van der Waals surface area contributed by atoms with Crippen LogP contribution >= 0.6 is 0 Å². The molecule has 4 saturated carbocycles. The Balaban J connectivity index is 1.09. The first-order valence-electron chi connectivity index (χ1n) is 22.6. The Bertz CT molecular complexity index is 2970. The van der Waals surface area contributed by atoms with Crippen LogP contribution in [0.1, 0.15) is 73.6 Å². The molecule has 0 radical (unpaired) electrons. The second-order valence-corrected chi connectivity index (χ2v) is 19.5. The Hall–Kier alpha value is -5.80. The molecule has 15 rings (SSSR count). The quantitative estimate of drug-likeness (QED) is 0.162. The van der Waals surface area contributed by atoms with Crippen molar-refractivity contribution < 1.29 is 0 Å². The molecule has 2 aliphatic heterocycles. The van der Waals surface area contributed by atoms with E-state index in [9.17, 15) is 0 Å². The molecule has 7 aromatic rings. The molecule has 6 atom stereocenters. The summed E-state index contributed by atoms with van der Waals surface area (Å²) in [5.41, 5.74) is 24.8. The van der Waals surface area contributed by atoms with Crippen molar-refractivity contribution in [3.63, 3.8) is 0 Å². The highest BCUT2D eigenvalue weighted by molar-refractivity contribution is 7.01. The van der Waals surface area contributed by atoms with E-state index in [-0.39, 0.29) is 17.5 Å². The Labute approximate surface area is 347 Å². The zero-order chi connectivity index (χ0) is 38.2. The third-order valence-corrected chi connectivity index (χ3v) is 17.4. The fourth-order valence-electron chi connectivity index (χ4n) is 15.6. The smallest absolute Gasteiger partial charge is 0.252 e. The van der Waals surface area contributed by atoms with Crippen molar-refractivity contribution in [1.82, 2.24) is 0 Å². The summed E-state index contributed by atoms with van der Waals surface area (Å²) in [4.78, 5) is 5.30. The Morgan fingerprint density at radius 3 is 1.56 bits per heavy atom. The molecule has 4 bridgehead atoms. The number of para-hydroxylation sites is 2. The minimum Gasteiger partial charge on any atom is -0.311 e. The molecule has 0 N–H and O–H groups in total. The minimum atomic E-state index is 0.0805. The molecule has 2 heterocycles. The van der Waals surface area contributed by atoms with Crippen LogP contribution in [-0.2, 0) is 10.8 Å². The number of fused-ring (bicyclic) bond motifs is 22. The lowest BCUT2D eigenvalue weighted by molar-refractivity contribution is 0.327. The van der Waals surface area contributed by atoms with Crippen molar-refractivity contribution in [2.45, 2.75) is 62.2 Å². The largest absolute Gasteiger partial charge is 0.311 e. The van der Waals surface area contributed by atoms with Gasteiger partial charge in [0.25, 0.3) is 6.71 Å². The molecule has 2 nitrogen and oxygen atoms in total. The lowest BCUT2D eigenvalue weighted by Gasteiger charge is -2.46. The maximum atomic E-state index is 2.69. The van der Waals surface area contributed by atoms with Gasteiger partial charge in [-0.2, -0.15) is 0 Å². The SMILES string of the molecule is c1ccc(N2c3cccc4c3B(c3ccc5c(c3N4c3ccccc3)-c3ccccc3[C@]53C[C@H]4CC[C@@H]3C4)c3c2ccc2c3-c3ccccc3[C@@]23CC2CCC3C2)cc1. The van der Waals surface area contributed by atoms with Gasteiger partial charge in [0, 0.05) is 50.5 Å². The number of anilines is 6. The Kier molecular flexibility index (Phi) is 6.02. The molecular weight excluding hydrogens is 711 g/mol. The highest BCUT2D eigenvalue weighted by Crippen LogP contribution is 2.68. The lowest BCUT2D eigenvalue weighted by atomic mass is 9.32. The second kappa shape index (κ2) is 11.1. The highest BCUT2D eigenvalue weighted by Gasteiger charge is 2.60. The normalized spacial score (nSPS) is 27.5. The first-order valence-corrected chi connectivity index (χ1v) is 22.6. The summed E-state index contributed by atoms with van der Waals surface area (Å²) in [6.07, 6.45) is 10.8. The molecule has 2 unspecified atom stereocenters. The maximum absolute atomic E-state index is 2.69. The molecule has 7 aromatic carbocycles. The monoisotopic (exact) mass is 756 g/mol. The van der Waals surface area contributed by atoms with E-state index < -0.39 is 0 Å². The van der Waals surface area contributed by atoms with Gasteiger partial charge in [-0.25, -0.2) is 0 Å². The molecule has 0 aromatic heterocycles. The Morgan fingerprint density at radius 1 is 0.424 bits per heavy atom. The maximum Gasteiger partial charge on any atom is 0.252 e. The average Bonchev–Trinajstić information content (AvgIpc) is 4.17. The molecule has 6 aliphatic carbocycles. The van der Waals surface area contributed by atoms with E-state index in [1.807, 2.05) is 0 Å². The van der Waals surface area contributed by atoms with E-state index in [1.54, 1.807) is 22.3 Å². The summed E-state index contributed by atoms with van der Waals surface area (Å²) in [6, 6.07) is 59.4. The predicted octanol–water partition coefficient (Wildman–Crippen LogP) is 11.9. The summed E-state index contributed by atoms with van der Waals surface area (Å²) in [5.74, 6) is 3.10. The number of nitrogens with zero attached hydrogens (tertiary/aromatic N) is 2. The molecule has 59 heavy (non-hydrogen) atoms. The number of rotatable bonds is 2. The van der Waals surface area contributed by atoms with Crippen LogP contribution in [0.3, 0.4) is 0 Å². The zero-order valence-electron chi connectivity index (χ0n) is 33.4. The van der Waals surface area contributed by atoms with Gasteiger partial charge in [-0.05, 0) is 160 Å². The van der Waals surface area contributed by atoms with Gasteiger partial charge in [0.1, 0.15) is 0 Å². The van der Waals surface area contributed by atoms with Gasteiger partial charge in [0.05, 0.1) is 0 Å². The van der Waals surface area contributed by atoms with E-state index in [1.165, 1.54) is 124 Å². The molecule has 0 saturated heterocycles. The van der Waals surface area contributed by atoms with E-state index in [0.29, 0.717) is 5.92 Å². The lowest BCUT2D eigenvalue weighted by Crippen LogP contribution is -2.62. The van der Waals surface area contributed by atoms with E-state index >= 15 is 0 Å². The van der Waals surface area contributed by atoms with Gasteiger partial charge in [0.2, 0.25) is 0 Å². The van der Waals surface area contributed by atoms with Crippen LogP contribution in [0.15, 0.2) is 152 Å². The summed E-state index contributed by atoms with van der Waals surface area (Å²) in [7, 11) is 0. The van der Waals surface area contributed by atoms with Gasteiger partial charge in [-0.15, -0.1) is 0 Å². The van der Waals surface area contributed by atoms with Crippen molar-refractivity contribution in [1.29, 1.82) is 0 Å². The number of hydrogen-bond acceptors (Lipinski definition) is 2. The van der Waals surface area contributed by atoms with Crippen LogP contribution in [0, 0.1) is 23.7 Å². The summed E-state index contributed by atoms with van der Waals surface area (Å²) in [5, 5.41) is 0. The molecule has 4 fully saturated rings. The number of hydrogen-bond donors (Lipinski definition) is 0. The first-order chi connectivity index (χ1) is 29.2. The van der Waals surface area contributed by atoms with Crippen molar-refractivity contribution in [3.8, 4) is 22.3 Å².